The lowest BCUT2D eigenvalue weighted by molar-refractivity contribution is -0.105. The van der Waals surface area contributed by atoms with Crippen molar-refractivity contribution in [3.8, 4) is 0 Å². The molecule has 0 rings (SSSR count). The van der Waals surface area contributed by atoms with Gasteiger partial charge in [0.1, 0.15) is 6.29 Å². The number of hydrogen-bond donors (Lipinski definition) is 0. The van der Waals surface area contributed by atoms with Gasteiger partial charge in [-0.05, 0) is 18.9 Å². The van der Waals surface area contributed by atoms with Crippen LogP contribution in [0.4, 0.5) is 0 Å². The molecule has 0 fully saturated rings. The molecule has 1 heteroatoms. The van der Waals surface area contributed by atoms with Gasteiger partial charge < -0.3 is 0 Å². The first-order valence-electron chi connectivity index (χ1n) is 3.15. The summed E-state index contributed by atoms with van der Waals surface area (Å²) in [6.07, 6.45) is 4.90. The number of rotatable bonds is 4. The third kappa shape index (κ3) is 3.02. The Hall–Kier alpha value is -1.11. The maximum Gasteiger partial charge on any atom is 0.146 e. The van der Waals surface area contributed by atoms with Gasteiger partial charge in [-0.3, -0.25) is 4.79 Å². The number of allylic oxidation sites excluding steroid dienone is 4. The Morgan fingerprint density at radius 2 is 2.20 bits per heavy atom. The summed E-state index contributed by atoms with van der Waals surface area (Å²) in [7, 11) is 0. The molecule has 0 spiro atoms. The molecule has 0 atom stereocenters. The summed E-state index contributed by atoms with van der Waals surface area (Å²) in [6.45, 7) is 9.06. The van der Waals surface area contributed by atoms with E-state index in [1.165, 1.54) is 0 Å². The third-order valence-corrected chi connectivity index (χ3v) is 1.24. The molecule has 0 aliphatic carbocycles. The van der Waals surface area contributed by atoms with Crippen molar-refractivity contribution >= 4 is 6.29 Å². The van der Waals surface area contributed by atoms with Crippen LogP contribution in [0.2, 0.25) is 0 Å². The van der Waals surface area contributed by atoms with Crippen molar-refractivity contribution in [2.75, 3.05) is 0 Å². The molecule has 0 bridgehead atoms. The van der Waals surface area contributed by atoms with E-state index >= 15 is 0 Å². The van der Waals surface area contributed by atoms with Crippen LogP contribution < -0.4 is 0 Å². The highest BCUT2D eigenvalue weighted by Crippen LogP contribution is 2.06. The van der Waals surface area contributed by atoms with Crippen molar-refractivity contribution in [1.82, 2.24) is 0 Å². The van der Waals surface area contributed by atoms with E-state index in [4.69, 9.17) is 0 Å². The first-order chi connectivity index (χ1) is 4.74. The zero-order valence-corrected chi connectivity index (χ0v) is 6.26. The van der Waals surface area contributed by atoms with E-state index < -0.39 is 0 Å². The number of hydrogen-bond acceptors (Lipinski definition) is 1. The van der Waals surface area contributed by atoms with Gasteiger partial charge in [-0.15, -0.1) is 0 Å². The Bertz CT molecular complexity index is 175. The fraction of sp³-hybridized carbons (Fsp3) is 0.222. The lowest BCUT2D eigenvalue weighted by atomic mass is 10.1. The Kier molecular flexibility index (Phi) is 4.21. The summed E-state index contributed by atoms with van der Waals surface area (Å²) in [5.74, 6) is 0. The van der Waals surface area contributed by atoms with E-state index in [9.17, 15) is 4.79 Å². The van der Waals surface area contributed by atoms with Crippen molar-refractivity contribution in [2.45, 2.75) is 13.3 Å². The average molecular weight is 136 g/mol. The smallest absolute Gasteiger partial charge is 0.146 e. The van der Waals surface area contributed by atoms with Crippen LogP contribution >= 0.6 is 0 Å². The van der Waals surface area contributed by atoms with E-state index in [1.807, 2.05) is 6.92 Å². The maximum absolute atomic E-state index is 10.2. The minimum absolute atomic E-state index is 0.615. The molecule has 0 amide bonds. The summed E-state index contributed by atoms with van der Waals surface area (Å²) in [4.78, 5) is 10.2. The van der Waals surface area contributed by atoms with Crippen molar-refractivity contribution in [1.29, 1.82) is 0 Å². The van der Waals surface area contributed by atoms with Gasteiger partial charge in [0.2, 0.25) is 0 Å². The predicted octanol–water partition coefficient (Wildman–Crippen LogP) is 2.26. The van der Waals surface area contributed by atoms with Crippen LogP contribution in [-0.4, -0.2) is 6.29 Å². The second-order valence-electron chi connectivity index (χ2n) is 2.02. The van der Waals surface area contributed by atoms with Crippen LogP contribution in [0.5, 0.6) is 0 Å². The topological polar surface area (TPSA) is 17.1 Å². The molecule has 54 valence electrons. The third-order valence-electron chi connectivity index (χ3n) is 1.24. The lowest BCUT2D eigenvalue weighted by Crippen LogP contribution is -1.84. The Balaban J connectivity index is 3.99. The van der Waals surface area contributed by atoms with Crippen LogP contribution in [0, 0.1) is 0 Å². The lowest BCUT2D eigenvalue weighted by Gasteiger charge is -1.96. The molecule has 0 radical (unpaired) electrons. The van der Waals surface area contributed by atoms with Gasteiger partial charge in [0.15, 0.2) is 0 Å². The quantitative estimate of drug-likeness (QED) is 0.329. The van der Waals surface area contributed by atoms with Crippen molar-refractivity contribution in [3.63, 3.8) is 0 Å². The molecule has 0 saturated carbocycles. The van der Waals surface area contributed by atoms with Gasteiger partial charge in [0.25, 0.3) is 0 Å². The van der Waals surface area contributed by atoms with E-state index in [0.29, 0.717) is 6.42 Å². The van der Waals surface area contributed by atoms with E-state index in [2.05, 4.69) is 13.2 Å². The highest BCUT2D eigenvalue weighted by atomic mass is 16.1. The zero-order chi connectivity index (χ0) is 7.98. The maximum atomic E-state index is 10.2. The second kappa shape index (κ2) is 4.74. The highest BCUT2D eigenvalue weighted by molar-refractivity contribution is 5.73. The van der Waals surface area contributed by atoms with Crippen molar-refractivity contribution in [3.05, 3.63) is 36.5 Å². The Morgan fingerprint density at radius 1 is 1.60 bits per heavy atom. The Morgan fingerprint density at radius 3 is 2.50 bits per heavy atom. The van der Waals surface area contributed by atoms with Gasteiger partial charge in [0.05, 0.1) is 0 Å². The molecule has 0 aromatic rings. The van der Waals surface area contributed by atoms with Crippen LogP contribution in [0.15, 0.2) is 36.5 Å². The predicted molar refractivity (Wildman–Crippen MR) is 43.8 cm³/mol. The van der Waals surface area contributed by atoms with Crippen LogP contribution in [0.1, 0.15) is 13.3 Å². The SMILES string of the molecule is C=CC(=C)C/C(C=O)=C/C. The minimum Gasteiger partial charge on any atom is -0.298 e. The molecule has 0 aliphatic rings. The number of carbonyl (C=O) groups is 1. The average Bonchev–Trinajstić information content (AvgIpc) is 1.99. The molecule has 0 aliphatic heterocycles. The van der Waals surface area contributed by atoms with Gasteiger partial charge in [0, 0.05) is 0 Å². The van der Waals surface area contributed by atoms with Crippen LogP contribution in [0.3, 0.4) is 0 Å². The summed E-state index contributed by atoms with van der Waals surface area (Å²) in [6, 6.07) is 0. The minimum atomic E-state index is 0.615. The molecule has 0 aromatic heterocycles. The number of carbonyl (C=O) groups excluding carboxylic acids is 1. The molecule has 0 heterocycles. The summed E-state index contributed by atoms with van der Waals surface area (Å²) in [5, 5.41) is 0. The van der Waals surface area contributed by atoms with Crippen LogP contribution in [-0.2, 0) is 4.79 Å². The van der Waals surface area contributed by atoms with Gasteiger partial charge >= 0.3 is 0 Å². The number of aldehydes is 1. The largest absolute Gasteiger partial charge is 0.298 e. The first-order valence-corrected chi connectivity index (χ1v) is 3.15. The molecule has 0 N–H and O–H groups in total. The fourth-order valence-electron chi connectivity index (χ4n) is 0.546. The standard InChI is InChI=1S/C9H12O/c1-4-8(3)6-9(5-2)7-10/h4-5,7H,1,3,6H2,2H3/b9-5-. The molecule has 0 unspecified atom stereocenters. The fourth-order valence-corrected chi connectivity index (χ4v) is 0.546. The molecule has 10 heavy (non-hydrogen) atoms. The van der Waals surface area contributed by atoms with Gasteiger partial charge in [-0.1, -0.05) is 30.9 Å². The van der Waals surface area contributed by atoms with E-state index in [-0.39, 0.29) is 0 Å². The normalized spacial score (nSPS) is 10.7. The molecule has 0 aromatic carbocycles. The zero-order valence-electron chi connectivity index (χ0n) is 6.26. The highest BCUT2D eigenvalue weighted by Gasteiger charge is 1.93. The monoisotopic (exact) mass is 136 g/mol. The van der Waals surface area contributed by atoms with Crippen molar-refractivity contribution in [2.24, 2.45) is 0 Å². The van der Waals surface area contributed by atoms with Crippen LogP contribution in [0.25, 0.3) is 0 Å². The van der Waals surface area contributed by atoms with Crippen molar-refractivity contribution < 1.29 is 4.79 Å². The summed E-state index contributed by atoms with van der Waals surface area (Å²) in [5.41, 5.74) is 1.63. The molecular weight excluding hydrogens is 124 g/mol. The van der Waals surface area contributed by atoms with E-state index in [1.54, 1.807) is 12.2 Å². The van der Waals surface area contributed by atoms with Gasteiger partial charge in [-0.25, -0.2) is 0 Å². The molecule has 1 nitrogen and oxygen atoms in total. The summed E-state index contributed by atoms with van der Waals surface area (Å²) >= 11 is 0. The first kappa shape index (κ1) is 8.89. The summed E-state index contributed by atoms with van der Waals surface area (Å²) < 4.78 is 0. The van der Waals surface area contributed by atoms with Gasteiger partial charge in [-0.2, -0.15) is 0 Å². The van der Waals surface area contributed by atoms with E-state index in [0.717, 1.165) is 17.4 Å². The molecular formula is C9H12O. The second-order valence-corrected chi connectivity index (χ2v) is 2.02. The molecule has 0 saturated heterocycles. The Labute approximate surface area is 61.8 Å².